The maximum atomic E-state index is 12.9. The Balaban J connectivity index is 1.94. The molecule has 2 heterocycles. The molecule has 24 heavy (non-hydrogen) atoms. The fraction of sp³-hybridized carbons (Fsp3) is 0.294. The molecule has 0 unspecified atom stereocenters. The SMILES string of the molecule is Cc1cccc([C@H]2CCCN2C(=O)c2cc([N+](=O)[O-])ccc2N)n1. The molecule has 1 aliphatic heterocycles. The van der Waals surface area contributed by atoms with E-state index in [4.69, 9.17) is 5.73 Å². The first kappa shape index (κ1) is 15.9. The molecule has 1 aromatic heterocycles. The molecule has 7 nitrogen and oxygen atoms in total. The van der Waals surface area contributed by atoms with Gasteiger partial charge in [-0.2, -0.15) is 0 Å². The van der Waals surface area contributed by atoms with Crippen molar-refractivity contribution in [1.82, 2.24) is 9.88 Å². The number of amides is 1. The van der Waals surface area contributed by atoms with Crippen LogP contribution in [0.4, 0.5) is 11.4 Å². The summed E-state index contributed by atoms with van der Waals surface area (Å²) in [5.74, 6) is -0.290. The molecule has 1 atom stereocenters. The van der Waals surface area contributed by atoms with Gasteiger partial charge >= 0.3 is 0 Å². The fourth-order valence-electron chi connectivity index (χ4n) is 3.06. The van der Waals surface area contributed by atoms with Gasteiger partial charge in [0.05, 0.1) is 22.2 Å². The fourth-order valence-corrected chi connectivity index (χ4v) is 3.06. The van der Waals surface area contributed by atoms with Crippen molar-refractivity contribution in [2.45, 2.75) is 25.8 Å². The molecule has 3 rings (SSSR count). The van der Waals surface area contributed by atoms with Crippen molar-refractivity contribution in [1.29, 1.82) is 0 Å². The van der Waals surface area contributed by atoms with Crippen LogP contribution in [-0.4, -0.2) is 27.3 Å². The maximum absolute atomic E-state index is 12.9. The van der Waals surface area contributed by atoms with Crippen molar-refractivity contribution in [2.24, 2.45) is 0 Å². The first-order chi connectivity index (χ1) is 11.5. The zero-order chi connectivity index (χ0) is 17.3. The number of hydrogen-bond acceptors (Lipinski definition) is 5. The Kier molecular flexibility index (Phi) is 4.16. The Labute approximate surface area is 139 Å². The lowest BCUT2D eigenvalue weighted by molar-refractivity contribution is -0.384. The molecule has 2 aromatic rings. The van der Waals surface area contributed by atoms with Gasteiger partial charge in [0.1, 0.15) is 0 Å². The lowest BCUT2D eigenvalue weighted by Crippen LogP contribution is -2.31. The smallest absolute Gasteiger partial charge is 0.270 e. The van der Waals surface area contributed by atoms with E-state index in [0.29, 0.717) is 6.54 Å². The van der Waals surface area contributed by atoms with Crippen LogP contribution in [0.2, 0.25) is 0 Å². The Morgan fingerprint density at radius 3 is 2.88 bits per heavy atom. The van der Waals surface area contributed by atoms with E-state index >= 15 is 0 Å². The predicted molar refractivity (Wildman–Crippen MR) is 89.5 cm³/mol. The number of anilines is 1. The number of likely N-dealkylation sites (tertiary alicyclic amines) is 1. The molecule has 1 aromatic carbocycles. The van der Waals surface area contributed by atoms with Crippen LogP contribution in [0.1, 0.15) is 40.6 Å². The van der Waals surface area contributed by atoms with Crippen LogP contribution in [0, 0.1) is 17.0 Å². The van der Waals surface area contributed by atoms with E-state index in [0.717, 1.165) is 24.2 Å². The highest BCUT2D eigenvalue weighted by Crippen LogP contribution is 2.33. The van der Waals surface area contributed by atoms with Gasteiger partial charge in [-0.1, -0.05) is 6.07 Å². The van der Waals surface area contributed by atoms with Crippen molar-refractivity contribution in [3.05, 3.63) is 63.5 Å². The first-order valence-electron chi connectivity index (χ1n) is 7.76. The number of hydrogen-bond donors (Lipinski definition) is 1. The van der Waals surface area contributed by atoms with Gasteiger partial charge in [-0.25, -0.2) is 0 Å². The summed E-state index contributed by atoms with van der Waals surface area (Å²) in [6, 6.07) is 9.55. The summed E-state index contributed by atoms with van der Waals surface area (Å²) in [5, 5.41) is 11.0. The Hall–Kier alpha value is -2.96. The minimum atomic E-state index is -0.528. The van der Waals surface area contributed by atoms with E-state index < -0.39 is 4.92 Å². The van der Waals surface area contributed by atoms with E-state index in [1.807, 2.05) is 25.1 Å². The summed E-state index contributed by atoms with van der Waals surface area (Å²) in [4.78, 5) is 29.6. The molecule has 7 heteroatoms. The quantitative estimate of drug-likeness (QED) is 0.531. The number of pyridine rings is 1. The Morgan fingerprint density at radius 1 is 1.38 bits per heavy atom. The van der Waals surface area contributed by atoms with Gasteiger partial charge in [0, 0.05) is 30.1 Å². The first-order valence-corrected chi connectivity index (χ1v) is 7.76. The van der Waals surface area contributed by atoms with E-state index in [-0.39, 0.29) is 28.9 Å². The van der Waals surface area contributed by atoms with E-state index in [1.165, 1.54) is 18.2 Å². The van der Waals surface area contributed by atoms with E-state index in [2.05, 4.69) is 4.98 Å². The second-order valence-corrected chi connectivity index (χ2v) is 5.89. The van der Waals surface area contributed by atoms with Crippen molar-refractivity contribution >= 4 is 17.3 Å². The van der Waals surface area contributed by atoms with E-state index in [1.54, 1.807) is 4.90 Å². The molecule has 0 spiro atoms. The second kappa shape index (κ2) is 6.27. The highest BCUT2D eigenvalue weighted by Gasteiger charge is 2.32. The van der Waals surface area contributed by atoms with Crippen LogP contribution in [0.15, 0.2) is 36.4 Å². The zero-order valence-electron chi connectivity index (χ0n) is 13.3. The molecule has 0 bridgehead atoms. The number of aromatic nitrogens is 1. The molecule has 0 radical (unpaired) electrons. The number of benzene rings is 1. The van der Waals surface area contributed by atoms with E-state index in [9.17, 15) is 14.9 Å². The van der Waals surface area contributed by atoms with Crippen LogP contribution >= 0.6 is 0 Å². The summed E-state index contributed by atoms with van der Waals surface area (Å²) < 4.78 is 0. The zero-order valence-corrected chi connectivity index (χ0v) is 13.3. The molecule has 1 saturated heterocycles. The molecule has 1 fully saturated rings. The maximum Gasteiger partial charge on any atom is 0.270 e. The number of carbonyl (C=O) groups excluding carboxylic acids is 1. The van der Waals surface area contributed by atoms with Gasteiger partial charge in [-0.3, -0.25) is 19.9 Å². The number of nitrogens with zero attached hydrogens (tertiary/aromatic N) is 3. The molecular weight excluding hydrogens is 308 g/mol. The van der Waals surface area contributed by atoms with Crippen LogP contribution in [0.25, 0.3) is 0 Å². The number of aryl methyl sites for hydroxylation is 1. The summed E-state index contributed by atoms with van der Waals surface area (Å²) in [7, 11) is 0. The molecule has 1 aliphatic rings. The van der Waals surface area contributed by atoms with Gasteiger partial charge in [0.15, 0.2) is 0 Å². The Bertz CT molecular complexity index is 806. The van der Waals surface area contributed by atoms with Crippen molar-refractivity contribution in [2.75, 3.05) is 12.3 Å². The van der Waals surface area contributed by atoms with Crippen molar-refractivity contribution < 1.29 is 9.72 Å². The Morgan fingerprint density at radius 2 is 2.17 bits per heavy atom. The lowest BCUT2D eigenvalue weighted by atomic mass is 10.1. The summed E-state index contributed by atoms with van der Waals surface area (Å²) in [5.41, 5.74) is 7.88. The van der Waals surface area contributed by atoms with Crippen LogP contribution < -0.4 is 5.73 Å². The normalized spacial score (nSPS) is 17.0. The van der Waals surface area contributed by atoms with Gasteiger partial charge in [-0.15, -0.1) is 0 Å². The number of rotatable bonds is 3. The van der Waals surface area contributed by atoms with Crippen molar-refractivity contribution in [3.63, 3.8) is 0 Å². The van der Waals surface area contributed by atoms with Crippen LogP contribution in [0.3, 0.4) is 0 Å². The minimum absolute atomic E-state index is 0.129. The monoisotopic (exact) mass is 326 g/mol. The van der Waals surface area contributed by atoms with Gasteiger partial charge in [0.25, 0.3) is 11.6 Å². The molecular formula is C17H18N4O3. The van der Waals surface area contributed by atoms with Crippen molar-refractivity contribution in [3.8, 4) is 0 Å². The summed E-state index contributed by atoms with van der Waals surface area (Å²) in [6.45, 7) is 2.49. The number of nitrogens with two attached hydrogens (primary N) is 1. The number of nitrogen functional groups attached to an aromatic ring is 1. The predicted octanol–water partition coefficient (Wildman–Crippen LogP) is 2.86. The highest BCUT2D eigenvalue weighted by molar-refractivity contribution is 6.00. The number of nitro benzene ring substituents is 1. The van der Waals surface area contributed by atoms with Gasteiger partial charge < -0.3 is 10.6 Å². The standard InChI is InChI=1S/C17H18N4O3/c1-11-4-2-5-15(19-11)16-6-3-9-20(16)17(22)13-10-12(21(23)24)7-8-14(13)18/h2,4-5,7-8,10,16H,3,6,9,18H2,1H3/t16-/m1/s1. The third-order valence-corrected chi connectivity index (χ3v) is 4.24. The topological polar surface area (TPSA) is 102 Å². The average molecular weight is 326 g/mol. The molecule has 1 amide bonds. The molecule has 0 aliphatic carbocycles. The number of non-ortho nitro benzene ring substituents is 1. The minimum Gasteiger partial charge on any atom is -0.398 e. The summed E-state index contributed by atoms with van der Waals surface area (Å²) >= 11 is 0. The third-order valence-electron chi connectivity index (χ3n) is 4.24. The molecule has 124 valence electrons. The van der Waals surface area contributed by atoms with Crippen LogP contribution in [-0.2, 0) is 0 Å². The van der Waals surface area contributed by atoms with Gasteiger partial charge in [0.2, 0.25) is 0 Å². The second-order valence-electron chi connectivity index (χ2n) is 5.89. The molecule has 0 saturated carbocycles. The number of carbonyl (C=O) groups is 1. The third kappa shape index (κ3) is 2.92. The lowest BCUT2D eigenvalue weighted by Gasteiger charge is -2.25. The largest absolute Gasteiger partial charge is 0.398 e. The van der Waals surface area contributed by atoms with Gasteiger partial charge in [-0.05, 0) is 38.0 Å². The van der Waals surface area contributed by atoms with Crippen LogP contribution in [0.5, 0.6) is 0 Å². The number of nitro groups is 1. The summed E-state index contributed by atoms with van der Waals surface area (Å²) in [6.07, 6.45) is 1.68. The average Bonchev–Trinajstić information content (AvgIpc) is 3.04. The molecule has 2 N–H and O–H groups in total. The highest BCUT2D eigenvalue weighted by atomic mass is 16.6.